The van der Waals surface area contributed by atoms with E-state index in [1.807, 2.05) is 6.20 Å². The van der Waals surface area contributed by atoms with Gasteiger partial charge < -0.3 is 9.51 Å². The molecule has 0 bridgehead atoms. The van der Waals surface area contributed by atoms with Crippen molar-refractivity contribution < 1.29 is 4.52 Å². The minimum atomic E-state index is 0.349. The lowest BCUT2D eigenvalue weighted by molar-refractivity contribution is 0.177. The monoisotopic (exact) mass is 289 g/mol. The van der Waals surface area contributed by atoms with Crippen molar-refractivity contribution in [1.82, 2.24) is 25.0 Å². The highest BCUT2D eigenvalue weighted by Gasteiger charge is 2.26. The van der Waals surface area contributed by atoms with E-state index >= 15 is 0 Å². The number of rotatable bonds is 5. The van der Waals surface area contributed by atoms with Crippen LogP contribution in [0.5, 0.6) is 0 Å². The summed E-state index contributed by atoms with van der Waals surface area (Å²) in [4.78, 5) is 14.4. The van der Waals surface area contributed by atoms with Crippen molar-refractivity contribution >= 4 is 0 Å². The fourth-order valence-corrected chi connectivity index (χ4v) is 2.88. The van der Waals surface area contributed by atoms with E-state index in [4.69, 9.17) is 4.52 Å². The minimum absolute atomic E-state index is 0.349. The van der Waals surface area contributed by atoms with Crippen LogP contribution in [0.15, 0.2) is 16.9 Å². The first-order valence-electron chi connectivity index (χ1n) is 7.74. The van der Waals surface area contributed by atoms with Gasteiger partial charge in [-0.25, -0.2) is 4.98 Å². The summed E-state index contributed by atoms with van der Waals surface area (Å²) in [5.41, 5.74) is 0. The topological polar surface area (TPSA) is 70.8 Å². The van der Waals surface area contributed by atoms with Crippen LogP contribution in [0.1, 0.15) is 50.1 Å². The molecule has 6 nitrogen and oxygen atoms in total. The average molecular weight is 289 g/mol. The largest absolute Gasteiger partial charge is 0.348 e. The van der Waals surface area contributed by atoms with Crippen LogP contribution in [0.25, 0.3) is 0 Å². The number of likely N-dealkylation sites (tertiary alicyclic amines) is 1. The van der Waals surface area contributed by atoms with Crippen molar-refractivity contribution in [2.24, 2.45) is 5.92 Å². The minimum Gasteiger partial charge on any atom is -0.348 e. The molecule has 1 saturated heterocycles. The zero-order chi connectivity index (χ0) is 14.7. The Labute approximate surface area is 125 Å². The van der Waals surface area contributed by atoms with Gasteiger partial charge in [0.2, 0.25) is 5.89 Å². The van der Waals surface area contributed by atoms with E-state index in [1.165, 1.54) is 0 Å². The normalized spacial score (nSPS) is 20.2. The molecule has 2 aromatic heterocycles. The molecule has 1 atom stereocenters. The van der Waals surface area contributed by atoms with Crippen LogP contribution in [0.4, 0.5) is 0 Å². The van der Waals surface area contributed by atoms with Crippen molar-refractivity contribution in [3.63, 3.8) is 0 Å². The number of hydrogen-bond acceptors (Lipinski definition) is 5. The Kier molecular flexibility index (Phi) is 4.34. The second-order valence-corrected chi connectivity index (χ2v) is 6.26. The van der Waals surface area contributed by atoms with E-state index in [-0.39, 0.29) is 0 Å². The summed E-state index contributed by atoms with van der Waals surface area (Å²) in [6, 6.07) is 0. The van der Waals surface area contributed by atoms with Gasteiger partial charge in [-0.3, -0.25) is 4.90 Å². The van der Waals surface area contributed by atoms with Crippen LogP contribution < -0.4 is 0 Å². The van der Waals surface area contributed by atoms with Gasteiger partial charge in [-0.2, -0.15) is 4.98 Å². The smallest absolute Gasteiger partial charge is 0.231 e. The molecule has 2 aromatic rings. The molecule has 0 amide bonds. The predicted molar refractivity (Wildman–Crippen MR) is 78.7 cm³/mol. The standard InChI is InChI=1S/C15H23N5O/c1-11(2)8-13-18-15(21-19-13)12-4-3-7-20(9-12)10-14-16-5-6-17-14/h5-6,11-12H,3-4,7-10H2,1-2H3,(H,16,17)/t12-/m0/s1. The van der Waals surface area contributed by atoms with Crippen LogP contribution in [-0.4, -0.2) is 38.1 Å². The summed E-state index contributed by atoms with van der Waals surface area (Å²) in [7, 11) is 0. The molecule has 0 aliphatic carbocycles. The number of H-pyrrole nitrogens is 1. The maximum atomic E-state index is 5.48. The highest BCUT2D eigenvalue weighted by molar-refractivity contribution is 4.98. The zero-order valence-electron chi connectivity index (χ0n) is 12.7. The maximum Gasteiger partial charge on any atom is 0.231 e. The Hall–Kier alpha value is -1.69. The molecule has 114 valence electrons. The molecule has 6 heteroatoms. The Bertz CT molecular complexity index is 548. The molecule has 1 aliphatic rings. The summed E-state index contributed by atoms with van der Waals surface area (Å²) in [6.45, 7) is 7.26. The van der Waals surface area contributed by atoms with Crippen molar-refractivity contribution in [3.8, 4) is 0 Å². The molecule has 0 unspecified atom stereocenters. The number of nitrogens with one attached hydrogen (secondary N) is 1. The van der Waals surface area contributed by atoms with E-state index in [2.05, 4.69) is 38.9 Å². The summed E-state index contributed by atoms with van der Waals surface area (Å²) in [5, 5.41) is 4.11. The lowest BCUT2D eigenvalue weighted by Gasteiger charge is -2.30. The Morgan fingerprint density at radius 3 is 3.14 bits per heavy atom. The highest BCUT2D eigenvalue weighted by Crippen LogP contribution is 2.26. The third-order valence-corrected chi connectivity index (χ3v) is 3.86. The number of piperidine rings is 1. The van der Waals surface area contributed by atoms with Gasteiger partial charge in [0.05, 0.1) is 12.5 Å². The molecule has 0 radical (unpaired) electrons. The third kappa shape index (κ3) is 3.69. The Balaban J connectivity index is 1.61. The van der Waals surface area contributed by atoms with Gasteiger partial charge >= 0.3 is 0 Å². The molecule has 21 heavy (non-hydrogen) atoms. The number of imidazole rings is 1. The van der Waals surface area contributed by atoms with Crippen molar-refractivity contribution in [3.05, 3.63) is 29.9 Å². The van der Waals surface area contributed by atoms with Crippen molar-refractivity contribution in [2.45, 2.75) is 45.6 Å². The van der Waals surface area contributed by atoms with E-state index in [0.29, 0.717) is 11.8 Å². The van der Waals surface area contributed by atoms with Gasteiger partial charge in [0.25, 0.3) is 0 Å². The van der Waals surface area contributed by atoms with Crippen LogP contribution in [0.2, 0.25) is 0 Å². The quantitative estimate of drug-likeness (QED) is 0.915. The summed E-state index contributed by atoms with van der Waals surface area (Å²) < 4.78 is 5.48. The molecule has 3 rings (SSSR count). The SMILES string of the molecule is CC(C)Cc1noc([C@H]2CCCN(Cc3ncc[nH]3)C2)n1. The van der Waals surface area contributed by atoms with E-state index in [0.717, 1.165) is 56.4 Å². The molecular weight excluding hydrogens is 266 g/mol. The summed E-state index contributed by atoms with van der Waals surface area (Å²) in [5.74, 6) is 3.55. The third-order valence-electron chi connectivity index (χ3n) is 3.86. The van der Waals surface area contributed by atoms with E-state index in [1.54, 1.807) is 6.20 Å². The first kappa shape index (κ1) is 14.3. The highest BCUT2D eigenvalue weighted by atomic mass is 16.5. The summed E-state index contributed by atoms with van der Waals surface area (Å²) in [6.07, 6.45) is 6.83. The van der Waals surface area contributed by atoms with Crippen LogP contribution in [0.3, 0.4) is 0 Å². The predicted octanol–water partition coefficient (Wildman–Crippen LogP) is 2.37. The summed E-state index contributed by atoms with van der Waals surface area (Å²) >= 11 is 0. The number of aromatic amines is 1. The number of hydrogen-bond donors (Lipinski definition) is 1. The molecule has 3 heterocycles. The molecular formula is C15H23N5O. The lowest BCUT2D eigenvalue weighted by atomic mass is 9.98. The van der Waals surface area contributed by atoms with Gasteiger partial charge in [-0.1, -0.05) is 19.0 Å². The van der Waals surface area contributed by atoms with Gasteiger partial charge in [-0.05, 0) is 25.3 Å². The van der Waals surface area contributed by atoms with E-state index in [9.17, 15) is 0 Å². The maximum absolute atomic E-state index is 5.48. The molecule has 1 fully saturated rings. The second kappa shape index (κ2) is 6.39. The average Bonchev–Trinajstić information content (AvgIpc) is 3.10. The molecule has 1 aliphatic heterocycles. The molecule has 0 saturated carbocycles. The van der Waals surface area contributed by atoms with Crippen LogP contribution in [-0.2, 0) is 13.0 Å². The van der Waals surface area contributed by atoms with Crippen LogP contribution in [0, 0.1) is 5.92 Å². The Morgan fingerprint density at radius 1 is 1.48 bits per heavy atom. The molecule has 0 spiro atoms. The van der Waals surface area contributed by atoms with E-state index < -0.39 is 0 Å². The molecule has 1 N–H and O–H groups in total. The lowest BCUT2D eigenvalue weighted by Crippen LogP contribution is -2.34. The number of aromatic nitrogens is 4. The van der Waals surface area contributed by atoms with Crippen LogP contribution >= 0.6 is 0 Å². The fraction of sp³-hybridized carbons (Fsp3) is 0.667. The Morgan fingerprint density at radius 2 is 2.38 bits per heavy atom. The second-order valence-electron chi connectivity index (χ2n) is 6.26. The fourth-order valence-electron chi connectivity index (χ4n) is 2.88. The van der Waals surface area contributed by atoms with Gasteiger partial charge in [0, 0.05) is 25.4 Å². The van der Waals surface area contributed by atoms with Crippen molar-refractivity contribution in [2.75, 3.05) is 13.1 Å². The van der Waals surface area contributed by atoms with Gasteiger partial charge in [-0.15, -0.1) is 0 Å². The number of nitrogens with zero attached hydrogens (tertiary/aromatic N) is 4. The first-order valence-corrected chi connectivity index (χ1v) is 7.74. The zero-order valence-corrected chi connectivity index (χ0v) is 12.7. The van der Waals surface area contributed by atoms with Gasteiger partial charge in [0.1, 0.15) is 5.82 Å². The molecule has 0 aromatic carbocycles. The van der Waals surface area contributed by atoms with Gasteiger partial charge in [0.15, 0.2) is 5.82 Å². The van der Waals surface area contributed by atoms with Crippen molar-refractivity contribution in [1.29, 1.82) is 0 Å². The first-order chi connectivity index (χ1) is 10.2.